The number of ether oxygens (including phenoxy) is 2. The van der Waals surface area contributed by atoms with Gasteiger partial charge in [0.15, 0.2) is 13.2 Å². The lowest BCUT2D eigenvalue weighted by molar-refractivity contribution is -0.139. The van der Waals surface area contributed by atoms with Gasteiger partial charge in [-0.25, -0.2) is 4.79 Å². The van der Waals surface area contributed by atoms with E-state index in [1.165, 1.54) is 5.56 Å². The Morgan fingerprint density at radius 3 is 1.89 bits per heavy atom. The molecule has 0 spiro atoms. The Morgan fingerprint density at radius 1 is 0.893 bits per heavy atom. The van der Waals surface area contributed by atoms with Crippen molar-refractivity contribution in [1.29, 1.82) is 0 Å². The van der Waals surface area contributed by atoms with Crippen molar-refractivity contribution < 1.29 is 24.2 Å². The van der Waals surface area contributed by atoms with Crippen LogP contribution in [0, 0.1) is 0 Å². The molecule has 0 aromatic heterocycles. The molecule has 0 saturated heterocycles. The van der Waals surface area contributed by atoms with Gasteiger partial charge in [-0.1, -0.05) is 45.0 Å². The largest absolute Gasteiger partial charge is 0.484 e. The van der Waals surface area contributed by atoms with Crippen LogP contribution in [0.5, 0.6) is 11.5 Å². The summed E-state index contributed by atoms with van der Waals surface area (Å²) in [6.45, 7) is 6.44. The number of amides is 1. The number of hydrogen-bond acceptors (Lipinski definition) is 4. The lowest BCUT2D eigenvalue weighted by Crippen LogP contribution is -2.30. The minimum absolute atomic E-state index is 0.0365. The standard InChI is InChI=1S/C22H27NO5/c1-22(2,3)17-7-11-19(12-8-17)27-14-20(24)23(4)13-16-5-9-18(10-6-16)28-15-21(25)26/h5-12H,13-15H2,1-4H3,(H,25,26). The van der Waals surface area contributed by atoms with E-state index in [2.05, 4.69) is 20.8 Å². The van der Waals surface area contributed by atoms with E-state index in [-0.39, 0.29) is 24.5 Å². The van der Waals surface area contributed by atoms with Gasteiger partial charge in [0.05, 0.1) is 0 Å². The Balaban J connectivity index is 1.83. The second-order valence-corrected chi connectivity index (χ2v) is 7.64. The Labute approximate surface area is 165 Å². The summed E-state index contributed by atoms with van der Waals surface area (Å²) in [4.78, 5) is 24.4. The van der Waals surface area contributed by atoms with Crippen LogP contribution in [0.4, 0.5) is 0 Å². The smallest absolute Gasteiger partial charge is 0.341 e. The highest BCUT2D eigenvalue weighted by Crippen LogP contribution is 2.24. The lowest BCUT2D eigenvalue weighted by Gasteiger charge is -2.20. The fourth-order valence-corrected chi connectivity index (χ4v) is 2.50. The third-order valence-corrected chi connectivity index (χ3v) is 4.21. The molecule has 0 fully saturated rings. The first kappa shape index (κ1) is 21.3. The molecule has 28 heavy (non-hydrogen) atoms. The fraction of sp³-hybridized carbons (Fsp3) is 0.364. The maximum absolute atomic E-state index is 12.3. The van der Waals surface area contributed by atoms with Gasteiger partial charge in [0.2, 0.25) is 0 Å². The van der Waals surface area contributed by atoms with Gasteiger partial charge in [-0.15, -0.1) is 0 Å². The third-order valence-electron chi connectivity index (χ3n) is 4.21. The Bertz CT molecular complexity index is 791. The van der Waals surface area contributed by atoms with Crippen LogP contribution in [0.1, 0.15) is 31.9 Å². The van der Waals surface area contributed by atoms with Crippen molar-refractivity contribution in [2.75, 3.05) is 20.3 Å². The minimum atomic E-state index is -1.03. The average molecular weight is 385 g/mol. The van der Waals surface area contributed by atoms with Crippen molar-refractivity contribution in [3.63, 3.8) is 0 Å². The number of rotatable bonds is 8. The Kier molecular flexibility index (Phi) is 7.04. The number of nitrogens with zero attached hydrogens (tertiary/aromatic N) is 1. The zero-order valence-electron chi connectivity index (χ0n) is 16.8. The number of hydrogen-bond donors (Lipinski definition) is 1. The SMILES string of the molecule is CN(Cc1ccc(OCC(=O)O)cc1)C(=O)COc1ccc(C(C)(C)C)cc1. The van der Waals surface area contributed by atoms with Gasteiger partial charge in [0.1, 0.15) is 11.5 Å². The highest BCUT2D eigenvalue weighted by atomic mass is 16.5. The molecular formula is C22H27NO5. The quantitative estimate of drug-likeness (QED) is 0.753. The molecule has 2 aromatic rings. The van der Waals surface area contributed by atoms with Crippen LogP contribution < -0.4 is 9.47 Å². The van der Waals surface area contributed by atoms with E-state index in [0.29, 0.717) is 18.0 Å². The van der Waals surface area contributed by atoms with Gasteiger partial charge in [0, 0.05) is 13.6 Å². The van der Waals surface area contributed by atoms with Crippen LogP contribution in [0.25, 0.3) is 0 Å². The van der Waals surface area contributed by atoms with Crippen LogP contribution in [0.2, 0.25) is 0 Å². The van der Waals surface area contributed by atoms with E-state index in [9.17, 15) is 9.59 Å². The van der Waals surface area contributed by atoms with Crippen molar-refractivity contribution in [3.8, 4) is 11.5 Å². The van der Waals surface area contributed by atoms with Crippen molar-refractivity contribution in [3.05, 3.63) is 59.7 Å². The summed E-state index contributed by atoms with van der Waals surface area (Å²) >= 11 is 0. The normalized spacial score (nSPS) is 11.0. The van der Waals surface area contributed by atoms with Crippen molar-refractivity contribution in [2.45, 2.75) is 32.7 Å². The third kappa shape index (κ3) is 6.61. The zero-order chi connectivity index (χ0) is 20.7. The molecule has 0 saturated carbocycles. The fourth-order valence-electron chi connectivity index (χ4n) is 2.50. The summed E-state index contributed by atoms with van der Waals surface area (Å²) in [7, 11) is 1.71. The minimum Gasteiger partial charge on any atom is -0.484 e. The van der Waals surface area contributed by atoms with E-state index in [0.717, 1.165) is 5.56 Å². The van der Waals surface area contributed by atoms with E-state index >= 15 is 0 Å². The number of aliphatic carboxylic acids is 1. The predicted molar refractivity (Wildman–Crippen MR) is 107 cm³/mol. The lowest BCUT2D eigenvalue weighted by atomic mass is 9.87. The second-order valence-electron chi connectivity index (χ2n) is 7.64. The van der Waals surface area contributed by atoms with Crippen LogP contribution in [0.3, 0.4) is 0 Å². The number of carboxylic acid groups (broad SMARTS) is 1. The van der Waals surface area contributed by atoms with Crippen LogP contribution in [-0.4, -0.2) is 42.1 Å². The molecule has 150 valence electrons. The van der Waals surface area contributed by atoms with E-state index in [1.807, 2.05) is 24.3 Å². The molecule has 6 nitrogen and oxygen atoms in total. The number of carboxylic acids is 1. The molecule has 0 unspecified atom stereocenters. The maximum atomic E-state index is 12.3. The van der Waals surface area contributed by atoms with Gasteiger partial charge in [0.25, 0.3) is 5.91 Å². The molecule has 0 radical (unpaired) electrons. The van der Waals surface area contributed by atoms with Crippen molar-refractivity contribution in [2.24, 2.45) is 0 Å². The highest BCUT2D eigenvalue weighted by Gasteiger charge is 2.14. The first-order valence-corrected chi connectivity index (χ1v) is 9.06. The first-order chi connectivity index (χ1) is 13.1. The topological polar surface area (TPSA) is 76.1 Å². The molecule has 6 heteroatoms. The Hall–Kier alpha value is -3.02. The average Bonchev–Trinajstić information content (AvgIpc) is 2.65. The predicted octanol–water partition coefficient (Wildman–Crippen LogP) is 3.48. The molecule has 1 N–H and O–H groups in total. The molecule has 0 heterocycles. The number of carbonyl (C=O) groups is 2. The zero-order valence-corrected chi connectivity index (χ0v) is 16.8. The summed E-state index contributed by atoms with van der Waals surface area (Å²) in [6, 6.07) is 14.7. The Morgan fingerprint density at radius 2 is 1.39 bits per heavy atom. The van der Waals surface area contributed by atoms with Crippen LogP contribution >= 0.6 is 0 Å². The molecule has 0 aliphatic rings. The van der Waals surface area contributed by atoms with Gasteiger partial charge >= 0.3 is 5.97 Å². The maximum Gasteiger partial charge on any atom is 0.341 e. The molecule has 2 rings (SSSR count). The monoisotopic (exact) mass is 385 g/mol. The first-order valence-electron chi connectivity index (χ1n) is 9.06. The summed E-state index contributed by atoms with van der Waals surface area (Å²) in [5.74, 6) is -0.0228. The second kappa shape index (κ2) is 9.26. The molecule has 1 amide bonds. The van der Waals surface area contributed by atoms with Crippen LogP contribution in [0.15, 0.2) is 48.5 Å². The van der Waals surface area contributed by atoms with Crippen molar-refractivity contribution in [1.82, 2.24) is 4.90 Å². The molecule has 0 aliphatic heterocycles. The van der Waals surface area contributed by atoms with E-state index in [4.69, 9.17) is 14.6 Å². The van der Waals surface area contributed by atoms with E-state index in [1.54, 1.807) is 36.2 Å². The van der Waals surface area contributed by atoms with Crippen molar-refractivity contribution >= 4 is 11.9 Å². The summed E-state index contributed by atoms with van der Waals surface area (Å²) in [6.07, 6.45) is 0. The summed E-state index contributed by atoms with van der Waals surface area (Å²) < 4.78 is 10.7. The molecular weight excluding hydrogens is 358 g/mol. The molecule has 0 aliphatic carbocycles. The van der Waals surface area contributed by atoms with Gasteiger partial charge in [-0.05, 0) is 40.8 Å². The van der Waals surface area contributed by atoms with Crippen LogP contribution in [-0.2, 0) is 21.5 Å². The molecule has 2 aromatic carbocycles. The number of benzene rings is 2. The summed E-state index contributed by atoms with van der Waals surface area (Å²) in [5, 5.41) is 8.61. The van der Waals surface area contributed by atoms with Gasteiger partial charge in [-0.2, -0.15) is 0 Å². The molecule has 0 bridgehead atoms. The summed E-state index contributed by atoms with van der Waals surface area (Å²) in [5.41, 5.74) is 2.19. The van der Waals surface area contributed by atoms with Gasteiger partial charge in [-0.3, -0.25) is 4.79 Å². The van der Waals surface area contributed by atoms with E-state index < -0.39 is 5.97 Å². The highest BCUT2D eigenvalue weighted by molar-refractivity contribution is 5.77. The number of carbonyl (C=O) groups excluding carboxylic acids is 1. The van der Waals surface area contributed by atoms with Gasteiger partial charge < -0.3 is 19.5 Å². The number of likely N-dealkylation sites (N-methyl/N-ethyl adjacent to an activating group) is 1. The molecule has 0 atom stereocenters.